The monoisotopic (exact) mass is 520 g/mol. The molecule has 0 fully saturated rings. The van der Waals surface area contributed by atoms with Crippen LogP contribution in [0, 0.1) is 0 Å². The van der Waals surface area contributed by atoms with Gasteiger partial charge in [0.05, 0.1) is 22.3 Å². The Morgan fingerprint density at radius 2 is 1.79 bits per heavy atom. The van der Waals surface area contributed by atoms with Gasteiger partial charge in [0.15, 0.2) is 0 Å². The molecule has 0 saturated heterocycles. The highest BCUT2D eigenvalue weighted by Crippen LogP contribution is 2.35. The van der Waals surface area contributed by atoms with Crippen LogP contribution in [0.3, 0.4) is 0 Å². The summed E-state index contributed by atoms with van der Waals surface area (Å²) < 4.78 is 30.2. The number of allylic oxidation sites excluding steroid dienone is 3. The number of hydrogen-bond acceptors (Lipinski definition) is 5. The molecule has 2 aromatic carbocycles. The van der Waals surface area contributed by atoms with E-state index in [4.69, 9.17) is 10.1 Å². The lowest BCUT2D eigenvalue weighted by atomic mass is 10.0. The second kappa shape index (κ2) is 10.3. The SMILES string of the molecule is O=C(Nc1cccc(-c2nn3ccccc3c2-c2ccnc(Nc3ccccc3)n2)c1)C1=C(F)C=CCC1F. The summed E-state index contributed by atoms with van der Waals surface area (Å²) >= 11 is 0. The first-order valence-electron chi connectivity index (χ1n) is 12.3. The third kappa shape index (κ3) is 4.89. The van der Waals surface area contributed by atoms with Gasteiger partial charge in [-0.1, -0.05) is 42.5 Å². The topological polar surface area (TPSA) is 84.2 Å². The number of nitrogens with zero attached hydrogens (tertiary/aromatic N) is 4. The number of alkyl halides is 1. The van der Waals surface area contributed by atoms with E-state index in [0.29, 0.717) is 28.6 Å². The lowest BCUT2D eigenvalue weighted by molar-refractivity contribution is -0.113. The molecule has 0 aliphatic heterocycles. The molecule has 1 aliphatic carbocycles. The van der Waals surface area contributed by atoms with Gasteiger partial charge in [0.2, 0.25) is 5.95 Å². The maximum atomic E-state index is 14.3. The number of rotatable bonds is 6. The molecule has 1 amide bonds. The Hall–Kier alpha value is -5.18. The summed E-state index contributed by atoms with van der Waals surface area (Å²) in [5, 5.41) is 10.6. The van der Waals surface area contributed by atoms with Crippen LogP contribution in [0.4, 0.5) is 26.1 Å². The molecule has 1 atom stereocenters. The van der Waals surface area contributed by atoms with E-state index in [1.165, 1.54) is 6.08 Å². The van der Waals surface area contributed by atoms with E-state index in [0.717, 1.165) is 22.8 Å². The van der Waals surface area contributed by atoms with Crippen LogP contribution >= 0.6 is 0 Å². The van der Waals surface area contributed by atoms with Gasteiger partial charge in [-0.05, 0) is 48.5 Å². The quantitative estimate of drug-likeness (QED) is 0.262. The second-order valence-electron chi connectivity index (χ2n) is 8.91. The van der Waals surface area contributed by atoms with Gasteiger partial charge in [-0.2, -0.15) is 5.10 Å². The molecule has 6 rings (SSSR count). The normalized spacial score (nSPS) is 15.0. The van der Waals surface area contributed by atoms with Crippen LogP contribution in [0.1, 0.15) is 6.42 Å². The lowest BCUT2D eigenvalue weighted by Crippen LogP contribution is -2.23. The van der Waals surface area contributed by atoms with Gasteiger partial charge in [0.1, 0.15) is 17.7 Å². The number of amides is 1. The molecule has 3 heterocycles. The fourth-order valence-corrected chi connectivity index (χ4v) is 4.50. The van der Waals surface area contributed by atoms with Crippen molar-refractivity contribution in [2.24, 2.45) is 0 Å². The molecule has 3 aromatic heterocycles. The first-order chi connectivity index (χ1) is 19.1. The fraction of sp³-hybridized carbons (Fsp3) is 0.0667. The second-order valence-corrected chi connectivity index (χ2v) is 8.91. The molecule has 7 nitrogen and oxygen atoms in total. The predicted molar refractivity (Wildman–Crippen MR) is 147 cm³/mol. The summed E-state index contributed by atoms with van der Waals surface area (Å²) in [4.78, 5) is 21.8. The minimum absolute atomic E-state index is 0.0408. The average Bonchev–Trinajstić information content (AvgIpc) is 3.34. The maximum absolute atomic E-state index is 14.3. The zero-order valence-electron chi connectivity index (χ0n) is 20.6. The van der Waals surface area contributed by atoms with E-state index in [1.807, 2.05) is 66.9 Å². The van der Waals surface area contributed by atoms with Gasteiger partial charge in [-0.25, -0.2) is 23.3 Å². The van der Waals surface area contributed by atoms with Crippen molar-refractivity contribution in [3.63, 3.8) is 0 Å². The molecule has 2 N–H and O–H groups in total. The zero-order chi connectivity index (χ0) is 26.8. The molecular weight excluding hydrogens is 498 g/mol. The highest BCUT2D eigenvalue weighted by atomic mass is 19.1. The Morgan fingerprint density at radius 3 is 2.64 bits per heavy atom. The molecule has 1 aliphatic rings. The van der Waals surface area contributed by atoms with E-state index < -0.39 is 23.5 Å². The Morgan fingerprint density at radius 1 is 0.974 bits per heavy atom. The number of carbonyl (C=O) groups excluding carboxylic acids is 1. The van der Waals surface area contributed by atoms with Crippen LogP contribution in [0.25, 0.3) is 28.0 Å². The molecule has 0 spiro atoms. The van der Waals surface area contributed by atoms with Crippen LogP contribution in [0.15, 0.2) is 115 Å². The molecule has 9 heteroatoms. The van der Waals surface area contributed by atoms with Crippen molar-refractivity contribution in [1.29, 1.82) is 0 Å². The van der Waals surface area contributed by atoms with Gasteiger partial charge in [-0.3, -0.25) is 4.79 Å². The lowest BCUT2D eigenvalue weighted by Gasteiger charge is -2.15. The van der Waals surface area contributed by atoms with Crippen LogP contribution in [0.2, 0.25) is 0 Å². The summed E-state index contributed by atoms with van der Waals surface area (Å²) in [6, 6.07) is 24.1. The van der Waals surface area contributed by atoms with Crippen molar-refractivity contribution >= 4 is 28.7 Å². The zero-order valence-corrected chi connectivity index (χ0v) is 20.6. The molecule has 0 radical (unpaired) electrons. The first kappa shape index (κ1) is 24.2. The molecule has 0 bridgehead atoms. The number of nitrogens with one attached hydrogen (secondary N) is 2. The third-order valence-electron chi connectivity index (χ3n) is 6.30. The van der Waals surface area contributed by atoms with E-state index >= 15 is 0 Å². The van der Waals surface area contributed by atoms with Crippen molar-refractivity contribution in [2.45, 2.75) is 12.6 Å². The molecule has 5 aromatic rings. The maximum Gasteiger partial charge on any atom is 0.257 e. The molecule has 39 heavy (non-hydrogen) atoms. The molecule has 0 saturated carbocycles. The summed E-state index contributed by atoms with van der Waals surface area (Å²) in [5.74, 6) is -1.25. The molecular formula is C30H22F2N6O. The molecule has 192 valence electrons. The largest absolute Gasteiger partial charge is 0.324 e. The van der Waals surface area contributed by atoms with Gasteiger partial charge >= 0.3 is 0 Å². The van der Waals surface area contributed by atoms with E-state index in [1.54, 1.807) is 28.9 Å². The number of pyridine rings is 1. The van der Waals surface area contributed by atoms with Crippen LogP contribution in [0.5, 0.6) is 0 Å². The number of carbonyl (C=O) groups is 1. The standard InChI is InChI=1S/C30H22F2N6O/c31-22-12-7-13-23(32)26(22)29(39)34-21-11-6-8-19(18-21)28-27(25-14-4-5-17-38(25)37-28)24-15-16-33-30(36-24)35-20-9-2-1-3-10-20/h1-12,14-18,23H,13H2,(H,34,39)(H,33,35,36). The highest BCUT2D eigenvalue weighted by molar-refractivity contribution is 6.05. The Balaban J connectivity index is 1.39. The summed E-state index contributed by atoms with van der Waals surface area (Å²) in [6.45, 7) is 0. The predicted octanol–water partition coefficient (Wildman–Crippen LogP) is 6.66. The van der Waals surface area contributed by atoms with Crippen LogP contribution in [-0.2, 0) is 4.79 Å². The Labute approximate surface area is 222 Å². The number of hydrogen-bond donors (Lipinski definition) is 2. The summed E-state index contributed by atoms with van der Waals surface area (Å²) in [7, 11) is 0. The Kier molecular flexibility index (Phi) is 6.38. The smallest absolute Gasteiger partial charge is 0.257 e. The van der Waals surface area contributed by atoms with Crippen LogP contribution in [-0.4, -0.2) is 31.7 Å². The van der Waals surface area contributed by atoms with Crippen molar-refractivity contribution in [1.82, 2.24) is 19.6 Å². The van der Waals surface area contributed by atoms with E-state index in [2.05, 4.69) is 15.6 Å². The number of para-hydroxylation sites is 1. The summed E-state index contributed by atoms with van der Waals surface area (Å²) in [6.07, 6.45) is 4.27. The third-order valence-corrected chi connectivity index (χ3v) is 6.30. The number of halogens is 2. The van der Waals surface area contributed by atoms with E-state index in [9.17, 15) is 13.6 Å². The number of fused-ring (bicyclic) bond motifs is 1. The summed E-state index contributed by atoms with van der Waals surface area (Å²) in [5.41, 5.74) is 4.30. The van der Waals surface area contributed by atoms with Gasteiger partial charge in [-0.15, -0.1) is 0 Å². The first-order valence-corrected chi connectivity index (χ1v) is 12.3. The Bertz CT molecular complexity index is 1750. The molecule has 1 unspecified atom stereocenters. The number of aromatic nitrogens is 4. The minimum atomic E-state index is -1.69. The number of benzene rings is 2. The van der Waals surface area contributed by atoms with Crippen molar-refractivity contribution in [3.8, 4) is 22.5 Å². The van der Waals surface area contributed by atoms with Gasteiger partial charge in [0.25, 0.3) is 5.91 Å². The van der Waals surface area contributed by atoms with Crippen molar-refractivity contribution in [2.75, 3.05) is 10.6 Å². The van der Waals surface area contributed by atoms with E-state index in [-0.39, 0.29) is 6.42 Å². The van der Waals surface area contributed by atoms with Gasteiger partial charge in [0, 0.05) is 35.8 Å². The van der Waals surface area contributed by atoms with Gasteiger partial charge < -0.3 is 10.6 Å². The van der Waals surface area contributed by atoms with Crippen molar-refractivity contribution < 1.29 is 13.6 Å². The van der Waals surface area contributed by atoms with Crippen LogP contribution < -0.4 is 10.6 Å². The van der Waals surface area contributed by atoms with Crippen molar-refractivity contribution in [3.05, 3.63) is 115 Å². The average molecular weight is 521 g/mol. The number of anilines is 3. The fourth-order valence-electron chi connectivity index (χ4n) is 4.50. The highest BCUT2D eigenvalue weighted by Gasteiger charge is 2.26. The minimum Gasteiger partial charge on any atom is -0.324 e.